The van der Waals surface area contributed by atoms with Gasteiger partial charge in [0.2, 0.25) is 5.95 Å². The molecule has 19 heavy (non-hydrogen) atoms. The molecule has 0 aliphatic heterocycles. The number of hydrogen-bond acceptors (Lipinski definition) is 4. The molecule has 0 spiro atoms. The van der Waals surface area contributed by atoms with Gasteiger partial charge in [-0.1, -0.05) is 6.07 Å². The molecule has 2 aromatic rings. The van der Waals surface area contributed by atoms with Crippen LogP contribution in [0.1, 0.15) is 43.5 Å². The van der Waals surface area contributed by atoms with Crippen molar-refractivity contribution in [3.63, 3.8) is 0 Å². The van der Waals surface area contributed by atoms with Gasteiger partial charge in [-0.25, -0.2) is 4.98 Å². The summed E-state index contributed by atoms with van der Waals surface area (Å²) in [5, 5.41) is 10.1. The predicted octanol–water partition coefficient (Wildman–Crippen LogP) is 3.18. The van der Waals surface area contributed by atoms with Gasteiger partial charge < -0.3 is 4.57 Å². The molecule has 2 saturated carbocycles. The molecule has 6 heteroatoms. The van der Waals surface area contributed by atoms with Crippen molar-refractivity contribution in [2.75, 3.05) is 0 Å². The molecule has 98 valence electrons. The largest absolute Gasteiger partial charge is 0.302 e. The first-order valence-electron chi connectivity index (χ1n) is 6.56. The minimum absolute atomic E-state index is 0.454. The van der Waals surface area contributed by atoms with Crippen molar-refractivity contribution in [3.05, 3.63) is 30.0 Å². The SMILES string of the molecule is Fc1cccc(Sc2nnc(C3CC3)n2C2CC2)n1. The van der Waals surface area contributed by atoms with E-state index in [0.29, 0.717) is 17.0 Å². The summed E-state index contributed by atoms with van der Waals surface area (Å²) in [5.41, 5.74) is 0. The van der Waals surface area contributed by atoms with Crippen molar-refractivity contribution in [2.24, 2.45) is 0 Å². The molecule has 4 nitrogen and oxygen atoms in total. The fraction of sp³-hybridized carbons (Fsp3) is 0.462. The van der Waals surface area contributed by atoms with Crippen LogP contribution in [0, 0.1) is 5.95 Å². The molecule has 0 radical (unpaired) electrons. The quantitative estimate of drug-likeness (QED) is 0.804. The second-order valence-electron chi connectivity index (χ2n) is 5.12. The smallest absolute Gasteiger partial charge is 0.213 e. The van der Waals surface area contributed by atoms with E-state index in [4.69, 9.17) is 0 Å². The summed E-state index contributed by atoms with van der Waals surface area (Å²) >= 11 is 1.40. The highest BCUT2D eigenvalue weighted by molar-refractivity contribution is 7.99. The van der Waals surface area contributed by atoms with E-state index < -0.39 is 5.95 Å². The van der Waals surface area contributed by atoms with Gasteiger partial charge in [0.05, 0.1) is 0 Å². The third-order valence-electron chi connectivity index (χ3n) is 3.43. The molecule has 0 saturated heterocycles. The van der Waals surface area contributed by atoms with Gasteiger partial charge in [0, 0.05) is 12.0 Å². The fourth-order valence-corrected chi connectivity index (χ4v) is 3.08. The summed E-state index contributed by atoms with van der Waals surface area (Å²) in [6.45, 7) is 0. The van der Waals surface area contributed by atoms with Gasteiger partial charge in [-0.15, -0.1) is 10.2 Å². The molecule has 0 bridgehead atoms. The molecule has 2 aromatic heterocycles. The number of hydrogen-bond donors (Lipinski definition) is 0. The molecule has 2 heterocycles. The lowest BCUT2D eigenvalue weighted by atomic mass is 10.4. The number of pyridine rings is 1. The second-order valence-corrected chi connectivity index (χ2v) is 6.10. The summed E-state index contributed by atoms with van der Waals surface area (Å²) in [4.78, 5) is 3.87. The maximum atomic E-state index is 13.1. The lowest BCUT2D eigenvalue weighted by Crippen LogP contribution is -2.02. The summed E-state index contributed by atoms with van der Waals surface area (Å²) in [5.74, 6) is 1.24. The molecule has 0 aromatic carbocycles. The number of aromatic nitrogens is 4. The van der Waals surface area contributed by atoms with E-state index >= 15 is 0 Å². The minimum atomic E-state index is -0.454. The van der Waals surface area contributed by atoms with Crippen LogP contribution in [0.15, 0.2) is 28.4 Å². The third-order valence-corrected chi connectivity index (χ3v) is 4.33. The molecular formula is C13H13FN4S. The molecule has 0 atom stereocenters. The Labute approximate surface area is 114 Å². The zero-order valence-electron chi connectivity index (χ0n) is 10.3. The predicted molar refractivity (Wildman–Crippen MR) is 68.6 cm³/mol. The first-order chi connectivity index (χ1) is 9.31. The fourth-order valence-electron chi connectivity index (χ4n) is 2.19. The van der Waals surface area contributed by atoms with Crippen LogP contribution in [0.25, 0.3) is 0 Å². The van der Waals surface area contributed by atoms with Crippen LogP contribution in [-0.4, -0.2) is 19.7 Å². The number of halogens is 1. The van der Waals surface area contributed by atoms with Crippen LogP contribution in [-0.2, 0) is 0 Å². The zero-order chi connectivity index (χ0) is 12.8. The Kier molecular flexibility index (Phi) is 2.58. The highest BCUT2D eigenvalue weighted by atomic mass is 32.2. The van der Waals surface area contributed by atoms with Gasteiger partial charge in [-0.05, 0) is 49.6 Å². The Balaban J connectivity index is 1.67. The Morgan fingerprint density at radius 3 is 2.68 bits per heavy atom. The Hall–Kier alpha value is -1.43. The average molecular weight is 276 g/mol. The maximum Gasteiger partial charge on any atom is 0.213 e. The molecule has 2 fully saturated rings. The monoisotopic (exact) mass is 276 g/mol. The van der Waals surface area contributed by atoms with Gasteiger partial charge >= 0.3 is 0 Å². The lowest BCUT2D eigenvalue weighted by molar-refractivity contribution is 0.571. The first-order valence-corrected chi connectivity index (χ1v) is 7.38. The van der Waals surface area contributed by atoms with E-state index in [0.717, 1.165) is 11.0 Å². The van der Waals surface area contributed by atoms with E-state index in [1.165, 1.54) is 43.5 Å². The number of rotatable bonds is 4. The Bertz CT molecular complexity index is 619. The van der Waals surface area contributed by atoms with E-state index in [1.807, 2.05) is 0 Å². The molecule has 0 amide bonds. The summed E-state index contributed by atoms with van der Waals surface area (Å²) in [6, 6.07) is 5.37. The van der Waals surface area contributed by atoms with Gasteiger partial charge in [-0.3, -0.25) is 0 Å². The average Bonchev–Trinajstić information content (AvgIpc) is 3.30. The number of nitrogens with zero attached hydrogens (tertiary/aromatic N) is 4. The van der Waals surface area contributed by atoms with Crippen molar-refractivity contribution in [1.29, 1.82) is 0 Å². The van der Waals surface area contributed by atoms with E-state index in [-0.39, 0.29) is 0 Å². The van der Waals surface area contributed by atoms with Crippen LogP contribution in [0.5, 0.6) is 0 Å². The van der Waals surface area contributed by atoms with Crippen molar-refractivity contribution < 1.29 is 4.39 Å². The van der Waals surface area contributed by atoms with Crippen LogP contribution in [0.4, 0.5) is 4.39 Å². The maximum absolute atomic E-state index is 13.1. The molecule has 0 unspecified atom stereocenters. The highest BCUT2D eigenvalue weighted by Gasteiger charge is 2.36. The van der Waals surface area contributed by atoms with E-state index in [2.05, 4.69) is 19.7 Å². The Morgan fingerprint density at radius 1 is 1.16 bits per heavy atom. The third kappa shape index (κ3) is 2.25. The van der Waals surface area contributed by atoms with Gasteiger partial charge in [-0.2, -0.15) is 4.39 Å². The second kappa shape index (κ2) is 4.30. The summed E-state index contributed by atoms with van der Waals surface area (Å²) in [7, 11) is 0. The summed E-state index contributed by atoms with van der Waals surface area (Å²) < 4.78 is 15.4. The minimum Gasteiger partial charge on any atom is -0.302 e. The van der Waals surface area contributed by atoms with Crippen molar-refractivity contribution in [1.82, 2.24) is 19.7 Å². The topological polar surface area (TPSA) is 43.6 Å². The molecule has 0 N–H and O–H groups in total. The molecule has 4 rings (SSSR count). The summed E-state index contributed by atoms with van der Waals surface area (Å²) in [6.07, 6.45) is 4.82. The lowest BCUT2D eigenvalue weighted by Gasteiger charge is -2.07. The Morgan fingerprint density at radius 2 is 2.00 bits per heavy atom. The van der Waals surface area contributed by atoms with E-state index in [9.17, 15) is 4.39 Å². The first kappa shape index (κ1) is 11.4. The standard InChI is InChI=1S/C13H13FN4S/c14-10-2-1-3-11(15-10)19-13-17-16-12(8-4-5-8)18(13)9-6-7-9/h1-3,8-9H,4-7H2. The van der Waals surface area contributed by atoms with Crippen LogP contribution in [0.2, 0.25) is 0 Å². The van der Waals surface area contributed by atoms with Gasteiger partial charge in [0.25, 0.3) is 0 Å². The van der Waals surface area contributed by atoms with E-state index in [1.54, 1.807) is 12.1 Å². The highest BCUT2D eigenvalue weighted by Crippen LogP contribution is 2.46. The van der Waals surface area contributed by atoms with Gasteiger partial charge in [0.15, 0.2) is 5.16 Å². The van der Waals surface area contributed by atoms with Crippen molar-refractivity contribution >= 4 is 11.8 Å². The van der Waals surface area contributed by atoms with Crippen LogP contribution < -0.4 is 0 Å². The van der Waals surface area contributed by atoms with Crippen LogP contribution >= 0.6 is 11.8 Å². The van der Waals surface area contributed by atoms with Gasteiger partial charge in [0.1, 0.15) is 10.9 Å². The zero-order valence-corrected chi connectivity index (χ0v) is 11.1. The normalized spacial score (nSPS) is 18.8. The molecule has 2 aliphatic carbocycles. The van der Waals surface area contributed by atoms with Crippen LogP contribution in [0.3, 0.4) is 0 Å². The van der Waals surface area contributed by atoms with Crippen molar-refractivity contribution in [3.8, 4) is 0 Å². The molecule has 2 aliphatic rings. The molecular weight excluding hydrogens is 263 g/mol. The van der Waals surface area contributed by atoms with Crippen molar-refractivity contribution in [2.45, 2.75) is 47.8 Å².